The number of hydrogen-bond acceptors (Lipinski definition) is 5. The van der Waals surface area contributed by atoms with Gasteiger partial charge in [-0.3, -0.25) is 0 Å². The van der Waals surface area contributed by atoms with Crippen molar-refractivity contribution in [2.75, 3.05) is 0 Å². The van der Waals surface area contributed by atoms with E-state index in [2.05, 4.69) is 15.5 Å². The van der Waals surface area contributed by atoms with Crippen LogP contribution in [0.5, 0.6) is 0 Å². The van der Waals surface area contributed by atoms with Crippen LogP contribution in [0.1, 0.15) is 38.1 Å². The normalized spacial score (nSPS) is 11.7. The molecule has 7 heteroatoms. The van der Waals surface area contributed by atoms with Crippen LogP contribution in [-0.4, -0.2) is 31.3 Å². The third-order valence-corrected chi connectivity index (χ3v) is 4.18. The lowest BCUT2D eigenvalue weighted by Gasteiger charge is -2.27. The highest BCUT2D eigenvalue weighted by Crippen LogP contribution is 2.26. The van der Waals surface area contributed by atoms with E-state index in [1.807, 2.05) is 30.7 Å². The highest BCUT2D eigenvalue weighted by Gasteiger charge is 2.40. The van der Waals surface area contributed by atoms with Gasteiger partial charge in [-0.2, -0.15) is 11.3 Å². The predicted octanol–water partition coefficient (Wildman–Crippen LogP) is 1.93. The highest BCUT2D eigenvalue weighted by atomic mass is 32.1. The predicted molar refractivity (Wildman–Crippen MR) is 71.1 cm³/mol. The molecule has 102 valence electrons. The first-order valence-corrected chi connectivity index (χ1v) is 7.10. The number of aromatic nitrogens is 4. The van der Waals surface area contributed by atoms with E-state index in [0.29, 0.717) is 25.1 Å². The zero-order valence-corrected chi connectivity index (χ0v) is 11.7. The summed E-state index contributed by atoms with van der Waals surface area (Å²) in [5.74, 6) is -0.305. The number of nitrogens with zero attached hydrogens (tertiary/aromatic N) is 4. The first kappa shape index (κ1) is 13.7. The minimum Gasteiger partial charge on any atom is -0.479 e. The Balaban J connectivity index is 2.39. The van der Waals surface area contributed by atoms with Crippen molar-refractivity contribution in [1.82, 2.24) is 20.2 Å². The molecule has 0 spiro atoms. The molecular weight excluding hydrogens is 264 g/mol. The summed E-state index contributed by atoms with van der Waals surface area (Å²) in [6, 6.07) is 1.99. The van der Waals surface area contributed by atoms with E-state index in [4.69, 9.17) is 0 Å². The van der Waals surface area contributed by atoms with E-state index in [-0.39, 0.29) is 0 Å². The van der Waals surface area contributed by atoms with Gasteiger partial charge < -0.3 is 5.11 Å². The van der Waals surface area contributed by atoms with Gasteiger partial charge >= 0.3 is 5.97 Å². The Morgan fingerprint density at radius 2 is 2.21 bits per heavy atom. The molecule has 0 radical (unpaired) electrons. The Morgan fingerprint density at radius 3 is 2.74 bits per heavy atom. The fourth-order valence-corrected chi connectivity index (χ4v) is 2.84. The Labute approximate surface area is 115 Å². The summed E-state index contributed by atoms with van der Waals surface area (Å²) in [7, 11) is 0. The Bertz CT molecular complexity index is 546. The molecule has 19 heavy (non-hydrogen) atoms. The van der Waals surface area contributed by atoms with Gasteiger partial charge in [-0.05, 0) is 45.7 Å². The number of carboxylic acids is 1. The van der Waals surface area contributed by atoms with Gasteiger partial charge in [-0.1, -0.05) is 13.8 Å². The first-order chi connectivity index (χ1) is 9.14. The van der Waals surface area contributed by atoms with Crippen LogP contribution in [0.2, 0.25) is 0 Å². The molecule has 2 aromatic heterocycles. The molecule has 1 N–H and O–H groups in total. The number of carboxylic acid groups (broad SMARTS) is 1. The molecule has 0 fully saturated rings. The van der Waals surface area contributed by atoms with Crippen LogP contribution in [0.25, 0.3) is 0 Å². The molecule has 0 atom stereocenters. The third kappa shape index (κ3) is 2.37. The summed E-state index contributed by atoms with van der Waals surface area (Å²) >= 11 is 1.60. The molecule has 0 saturated heterocycles. The minimum absolute atomic E-state index is 0.445. The van der Waals surface area contributed by atoms with Gasteiger partial charge in [0.25, 0.3) is 0 Å². The summed E-state index contributed by atoms with van der Waals surface area (Å²) in [4.78, 5) is 11.6. The van der Waals surface area contributed by atoms with Crippen molar-refractivity contribution in [2.45, 2.75) is 38.6 Å². The van der Waals surface area contributed by atoms with Crippen molar-refractivity contribution in [2.24, 2.45) is 0 Å². The zero-order valence-electron chi connectivity index (χ0n) is 10.9. The third-order valence-electron chi connectivity index (χ3n) is 3.45. The van der Waals surface area contributed by atoms with E-state index in [9.17, 15) is 9.90 Å². The summed E-state index contributed by atoms with van der Waals surface area (Å²) in [6.45, 7) is 3.68. The molecule has 0 unspecified atom stereocenters. The van der Waals surface area contributed by atoms with Gasteiger partial charge in [0.1, 0.15) is 0 Å². The van der Waals surface area contributed by atoms with Crippen molar-refractivity contribution >= 4 is 17.3 Å². The second kappa shape index (κ2) is 5.48. The molecule has 2 aromatic rings. The van der Waals surface area contributed by atoms with Crippen LogP contribution in [0.15, 0.2) is 16.8 Å². The molecule has 0 aliphatic heterocycles. The summed E-state index contributed by atoms with van der Waals surface area (Å²) in [6.07, 6.45) is 1.44. The lowest BCUT2D eigenvalue weighted by molar-refractivity contribution is -0.148. The fourth-order valence-electron chi connectivity index (χ4n) is 2.17. The van der Waals surface area contributed by atoms with E-state index in [0.717, 1.165) is 5.56 Å². The number of aliphatic carboxylic acids is 1. The van der Waals surface area contributed by atoms with Gasteiger partial charge in [-0.15, -0.1) is 5.10 Å². The molecule has 0 amide bonds. The zero-order chi connectivity index (χ0) is 13.9. The molecule has 0 bridgehead atoms. The Kier molecular flexibility index (Phi) is 3.94. The quantitative estimate of drug-likeness (QED) is 0.874. The number of thiophene rings is 1. The molecule has 2 heterocycles. The summed E-state index contributed by atoms with van der Waals surface area (Å²) in [5, 5.41) is 25.1. The van der Waals surface area contributed by atoms with Crippen LogP contribution < -0.4 is 0 Å². The first-order valence-electron chi connectivity index (χ1n) is 6.16. The average molecular weight is 280 g/mol. The van der Waals surface area contributed by atoms with Gasteiger partial charge in [0.15, 0.2) is 11.4 Å². The second-order valence-corrected chi connectivity index (χ2v) is 5.14. The van der Waals surface area contributed by atoms with Crippen molar-refractivity contribution in [1.29, 1.82) is 0 Å². The minimum atomic E-state index is -1.06. The largest absolute Gasteiger partial charge is 0.479 e. The smallest absolute Gasteiger partial charge is 0.331 e. The maximum atomic E-state index is 11.6. The maximum absolute atomic E-state index is 11.6. The number of hydrogen-bond donors (Lipinski definition) is 1. The SMILES string of the molecule is CCC(CC)(C(=O)O)n1nnnc1Cc1ccsc1. The number of rotatable bonds is 6. The van der Waals surface area contributed by atoms with Gasteiger partial charge in [0.05, 0.1) is 0 Å². The number of carbonyl (C=O) groups is 1. The van der Waals surface area contributed by atoms with Crippen molar-refractivity contribution in [3.63, 3.8) is 0 Å². The molecule has 0 aliphatic rings. The van der Waals surface area contributed by atoms with Crippen LogP contribution in [0.3, 0.4) is 0 Å². The summed E-state index contributed by atoms with van der Waals surface area (Å²) < 4.78 is 1.47. The fraction of sp³-hybridized carbons (Fsp3) is 0.500. The van der Waals surface area contributed by atoms with Gasteiger partial charge in [-0.25, -0.2) is 9.48 Å². The van der Waals surface area contributed by atoms with Crippen molar-refractivity contribution in [3.8, 4) is 0 Å². The average Bonchev–Trinajstić information content (AvgIpc) is 3.04. The van der Waals surface area contributed by atoms with Crippen LogP contribution in [-0.2, 0) is 16.8 Å². The maximum Gasteiger partial charge on any atom is 0.331 e. The molecular formula is C12H16N4O2S. The topological polar surface area (TPSA) is 80.9 Å². The Hall–Kier alpha value is -1.76. The van der Waals surface area contributed by atoms with E-state index < -0.39 is 11.5 Å². The van der Waals surface area contributed by atoms with E-state index in [1.54, 1.807) is 11.3 Å². The molecule has 0 aromatic carbocycles. The van der Waals surface area contributed by atoms with Crippen molar-refractivity contribution in [3.05, 3.63) is 28.2 Å². The number of tetrazole rings is 1. The lowest BCUT2D eigenvalue weighted by atomic mass is 9.93. The monoisotopic (exact) mass is 280 g/mol. The molecule has 6 nitrogen and oxygen atoms in total. The second-order valence-electron chi connectivity index (χ2n) is 4.36. The Morgan fingerprint density at radius 1 is 1.47 bits per heavy atom. The molecule has 0 saturated carbocycles. The molecule has 2 rings (SSSR count). The van der Waals surface area contributed by atoms with Gasteiger partial charge in [0, 0.05) is 6.42 Å². The van der Waals surface area contributed by atoms with E-state index >= 15 is 0 Å². The highest BCUT2D eigenvalue weighted by molar-refractivity contribution is 7.07. The van der Waals surface area contributed by atoms with E-state index in [1.165, 1.54) is 4.68 Å². The van der Waals surface area contributed by atoms with Crippen molar-refractivity contribution < 1.29 is 9.90 Å². The van der Waals surface area contributed by atoms with Crippen LogP contribution in [0, 0.1) is 0 Å². The standard InChI is InChI=1S/C12H16N4O2S/c1-3-12(4-2,11(17)18)16-10(13-14-15-16)7-9-5-6-19-8-9/h5-6,8H,3-4,7H2,1-2H3,(H,17,18). The van der Waals surface area contributed by atoms with Crippen LogP contribution in [0.4, 0.5) is 0 Å². The lowest BCUT2D eigenvalue weighted by Crippen LogP contribution is -2.42. The van der Waals surface area contributed by atoms with Gasteiger partial charge in [0.2, 0.25) is 0 Å². The summed E-state index contributed by atoms with van der Waals surface area (Å²) in [5.41, 5.74) is 0.0297. The van der Waals surface area contributed by atoms with Crippen LogP contribution >= 0.6 is 11.3 Å². The molecule has 0 aliphatic carbocycles.